The van der Waals surface area contributed by atoms with Crippen LogP contribution in [-0.4, -0.2) is 20.7 Å². The SMILES string of the molecule is Cc1c([C@@H](C)NC(=O)c2cccc3cnccc23)cnn1-c1ccccc1. The molecule has 134 valence electrons. The van der Waals surface area contributed by atoms with Crippen molar-refractivity contribution in [3.8, 4) is 5.69 Å². The molecule has 0 saturated carbocycles. The third-order valence-electron chi connectivity index (χ3n) is 4.79. The first-order chi connectivity index (χ1) is 13.1. The maximum atomic E-state index is 12.9. The van der Waals surface area contributed by atoms with E-state index in [1.165, 1.54) is 0 Å². The molecule has 4 rings (SSSR count). The lowest BCUT2D eigenvalue weighted by molar-refractivity contribution is 0.0941. The molecule has 2 heterocycles. The van der Waals surface area contributed by atoms with Crippen molar-refractivity contribution in [2.24, 2.45) is 0 Å². The van der Waals surface area contributed by atoms with Crippen molar-refractivity contribution in [1.29, 1.82) is 0 Å². The fourth-order valence-corrected chi connectivity index (χ4v) is 3.35. The number of pyridine rings is 1. The Balaban J connectivity index is 1.60. The Bertz CT molecular complexity index is 1100. The van der Waals surface area contributed by atoms with E-state index < -0.39 is 0 Å². The first-order valence-corrected chi connectivity index (χ1v) is 8.88. The maximum absolute atomic E-state index is 12.9. The summed E-state index contributed by atoms with van der Waals surface area (Å²) < 4.78 is 1.89. The van der Waals surface area contributed by atoms with E-state index in [0.29, 0.717) is 5.56 Å². The molecule has 0 unspecified atom stereocenters. The van der Waals surface area contributed by atoms with Gasteiger partial charge in [-0.3, -0.25) is 9.78 Å². The number of rotatable bonds is 4. The van der Waals surface area contributed by atoms with Gasteiger partial charge >= 0.3 is 0 Å². The van der Waals surface area contributed by atoms with Gasteiger partial charge in [0.2, 0.25) is 0 Å². The van der Waals surface area contributed by atoms with Gasteiger partial charge in [0.25, 0.3) is 5.91 Å². The molecular formula is C22H20N4O. The first-order valence-electron chi connectivity index (χ1n) is 8.88. The number of benzene rings is 2. The molecule has 1 N–H and O–H groups in total. The summed E-state index contributed by atoms with van der Waals surface area (Å²) in [5.74, 6) is -0.105. The summed E-state index contributed by atoms with van der Waals surface area (Å²) >= 11 is 0. The molecule has 0 spiro atoms. The molecule has 27 heavy (non-hydrogen) atoms. The zero-order valence-corrected chi connectivity index (χ0v) is 15.3. The highest BCUT2D eigenvalue weighted by Crippen LogP contribution is 2.22. The lowest BCUT2D eigenvalue weighted by atomic mass is 10.0. The number of para-hydroxylation sites is 1. The summed E-state index contributed by atoms with van der Waals surface area (Å²) in [7, 11) is 0. The van der Waals surface area contributed by atoms with Gasteiger partial charge in [-0.1, -0.05) is 30.3 Å². The molecule has 4 aromatic rings. The highest BCUT2D eigenvalue weighted by molar-refractivity contribution is 6.06. The fraction of sp³-hybridized carbons (Fsp3) is 0.136. The van der Waals surface area contributed by atoms with E-state index >= 15 is 0 Å². The summed E-state index contributed by atoms with van der Waals surface area (Å²) in [5.41, 5.74) is 3.65. The zero-order chi connectivity index (χ0) is 18.8. The van der Waals surface area contributed by atoms with E-state index in [-0.39, 0.29) is 11.9 Å². The van der Waals surface area contributed by atoms with Crippen LogP contribution < -0.4 is 5.32 Å². The van der Waals surface area contributed by atoms with Gasteiger partial charge < -0.3 is 5.32 Å². The molecule has 0 fully saturated rings. The van der Waals surface area contributed by atoms with Crippen LogP contribution in [0, 0.1) is 6.92 Å². The van der Waals surface area contributed by atoms with Gasteiger partial charge in [0.1, 0.15) is 0 Å². The summed E-state index contributed by atoms with van der Waals surface area (Å²) in [6, 6.07) is 17.3. The summed E-state index contributed by atoms with van der Waals surface area (Å²) in [6.45, 7) is 3.99. The Morgan fingerprint density at radius 1 is 1.04 bits per heavy atom. The second-order valence-corrected chi connectivity index (χ2v) is 6.53. The van der Waals surface area contributed by atoms with Crippen molar-refractivity contribution in [2.75, 3.05) is 0 Å². The number of amides is 1. The monoisotopic (exact) mass is 356 g/mol. The van der Waals surface area contributed by atoms with Crippen molar-refractivity contribution in [2.45, 2.75) is 19.9 Å². The summed E-state index contributed by atoms with van der Waals surface area (Å²) in [6.07, 6.45) is 5.29. The number of fused-ring (bicyclic) bond motifs is 1. The van der Waals surface area contributed by atoms with Crippen LogP contribution in [0.15, 0.2) is 73.2 Å². The first kappa shape index (κ1) is 17.0. The smallest absolute Gasteiger partial charge is 0.252 e. The van der Waals surface area contributed by atoms with Crippen LogP contribution in [0.3, 0.4) is 0 Å². The Hall–Kier alpha value is -3.47. The average Bonchev–Trinajstić information content (AvgIpc) is 3.09. The second kappa shape index (κ2) is 7.03. The molecule has 0 aliphatic heterocycles. The molecule has 0 aliphatic rings. The van der Waals surface area contributed by atoms with Gasteiger partial charge in [-0.2, -0.15) is 5.10 Å². The van der Waals surface area contributed by atoms with E-state index in [4.69, 9.17) is 0 Å². The molecule has 0 radical (unpaired) electrons. The molecule has 0 bridgehead atoms. The molecule has 2 aromatic heterocycles. The summed E-state index contributed by atoms with van der Waals surface area (Å²) in [5, 5.41) is 9.44. The van der Waals surface area contributed by atoms with Gasteiger partial charge in [0.05, 0.1) is 17.9 Å². The van der Waals surface area contributed by atoms with Crippen molar-refractivity contribution >= 4 is 16.7 Å². The molecule has 5 nitrogen and oxygen atoms in total. The largest absolute Gasteiger partial charge is 0.345 e. The van der Waals surface area contributed by atoms with Crippen LogP contribution >= 0.6 is 0 Å². The predicted molar refractivity (Wildman–Crippen MR) is 106 cm³/mol. The zero-order valence-electron chi connectivity index (χ0n) is 15.3. The Morgan fingerprint density at radius 3 is 2.67 bits per heavy atom. The van der Waals surface area contributed by atoms with Crippen LogP contribution in [0.5, 0.6) is 0 Å². The van der Waals surface area contributed by atoms with Gasteiger partial charge in [-0.05, 0) is 43.5 Å². The van der Waals surface area contributed by atoms with Crippen LogP contribution in [0.4, 0.5) is 0 Å². The number of carbonyl (C=O) groups is 1. The molecule has 5 heteroatoms. The van der Waals surface area contributed by atoms with Gasteiger partial charge in [-0.15, -0.1) is 0 Å². The van der Waals surface area contributed by atoms with Gasteiger partial charge in [-0.25, -0.2) is 4.68 Å². The second-order valence-electron chi connectivity index (χ2n) is 6.53. The summed E-state index contributed by atoms with van der Waals surface area (Å²) in [4.78, 5) is 17.0. The fourth-order valence-electron chi connectivity index (χ4n) is 3.35. The molecular weight excluding hydrogens is 336 g/mol. The van der Waals surface area contributed by atoms with E-state index in [2.05, 4.69) is 15.4 Å². The number of nitrogens with zero attached hydrogens (tertiary/aromatic N) is 3. The molecule has 1 amide bonds. The minimum atomic E-state index is -0.160. The lowest BCUT2D eigenvalue weighted by Gasteiger charge is -2.15. The normalized spacial score (nSPS) is 12.1. The maximum Gasteiger partial charge on any atom is 0.252 e. The van der Waals surface area contributed by atoms with Crippen LogP contribution in [0.2, 0.25) is 0 Å². The Morgan fingerprint density at radius 2 is 1.85 bits per heavy atom. The number of hydrogen-bond donors (Lipinski definition) is 1. The van der Waals surface area contributed by atoms with Crippen molar-refractivity contribution < 1.29 is 4.79 Å². The number of nitrogens with one attached hydrogen (secondary N) is 1. The van der Waals surface area contributed by atoms with E-state index in [9.17, 15) is 4.79 Å². The van der Waals surface area contributed by atoms with Crippen molar-refractivity contribution in [3.63, 3.8) is 0 Å². The van der Waals surface area contributed by atoms with Gasteiger partial charge in [0, 0.05) is 34.6 Å². The van der Waals surface area contributed by atoms with Crippen molar-refractivity contribution in [1.82, 2.24) is 20.1 Å². The molecule has 0 saturated heterocycles. The highest BCUT2D eigenvalue weighted by atomic mass is 16.1. The van der Waals surface area contributed by atoms with E-state index in [1.807, 2.05) is 79.3 Å². The van der Waals surface area contributed by atoms with Crippen LogP contribution in [0.25, 0.3) is 16.5 Å². The van der Waals surface area contributed by atoms with E-state index in [0.717, 1.165) is 27.7 Å². The topological polar surface area (TPSA) is 59.8 Å². The van der Waals surface area contributed by atoms with Gasteiger partial charge in [0.15, 0.2) is 0 Å². The Kier molecular flexibility index (Phi) is 4.42. The van der Waals surface area contributed by atoms with E-state index in [1.54, 1.807) is 12.4 Å². The minimum Gasteiger partial charge on any atom is -0.345 e. The molecule has 2 aromatic carbocycles. The number of hydrogen-bond acceptors (Lipinski definition) is 3. The number of aromatic nitrogens is 3. The highest BCUT2D eigenvalue weighted by Gasteiger charge is 2.18. The Labute approximate surface area is 157 Å². The molecule has 0 aliphatic carbocycles. The molecule has 1 atom stereocenters. The lowest BCUT2D eigenvalue weighted by Crippen LogP contribution is -2.27. The third kappa shape index (κ3) is 3.19. The quantitative estimate of drug-likeness (QED) is 0.595. The standard InChI is InChI=1S/C22H20N4O/c1-15(21-14-24-26(16(21)2)18-8-4-3-5-9-18)25-22(27)20-10-6-7-17-13-23-12-11-19(17)20/h3-15H,1-2H3,(H,25,27)/t15-/m1/s1. The van der Waals surface area contributed by atoms with Crippen LogP contribution in [0.1, 0.15) is 34.6 Å². The predicted octanol–water partition coefficient (Wildman–Crippen LogP) is 4.22. The minimum absolute atomic E-state index is 0.105. The van der Waals surface area contributed by atoms with Crippen molar-refractivity contribution in [3.05, 3.63) is 90.0 Å². The third-order valence-corrected chi connectivity index (χ3v) is 4.79. The average molecular weight is 356 g/mol. The number of carbonyl (C=O) groups excluding carboxylic acids is 1. The van der Waals surface area contributed by atoms with Crippen LogP contribution in [-0.2, 0) is 0 Å².